The van der Waals surface area contributed by atoms with Crippen molar-refractivity contribution in [3.8, 4) is 0 Å². The van der Waals surface area contributed by atoms with Gasteiger partial charge in [0.05, 0.1) is 27.1 Å². The number of H-pyrrole nitrogens is 1. The van der Waals surface area contributed by atoms with E-state index in [1.165, 1.54) is 6.20 Å². The van der Waals surface area contributed by atoms with Gasteiger partial charge in [-0.2, -0.15) is 10.2 Å². The third-order valence-electron chi connectivity index (χ3n) is 5.14. The Labute approximate surface area is 183 Å². The maximum Gasteiger partial charge on any atom is 0.253 e. The molecule has 3 aromatic heterocycles. The number of nitrogens with one attached hydrogen (secondary N) is 2. The largest absolute Gasteiger partial charge is 0.348 e. The molecule has 0 aliphatic carbocycles. The van der Waals surface area contributed by atoms with Crippen LogP contribution in [0.5, 0.6) is 0 Å². The monoisotopic (exact) mass is 446 g/mol. The standard InChI is InChI=1S/C22H18N6O3S/c1-28-13-15-4-7-19(9-20(15)27-28)32(30,31)18-5-2-14(3-6-18)10-24-22(29)17-8-16-12-25-26-21(16)23-11-17/h2-9,11-13H,10H2,1H3,(H,24,29)(H,23,25,26). The molecule has 0 spiro atoms. The van der Waals surface area contributed by atoms with Gasteiger partial charge in [0.15, 0.2) is 5.65 Å². The molecule has 0 saturated carbocycles. The van der Waals surface area contributed by atoms with Crippen molar-refractivity contribution in [1.29, 1.82) is 0 Å². The molecule has 0 bridgehead atoms. The molecule has 10 heteroatoms. The van der Waals surface area contributed by atoms with Crippen LogP contribution >= 0.6 is 0 Å². The second-order valence-electron chi connectivity index (χ2n) is 7.39. The highest BCUT2D eigenvalue weighted by Crippen LogP contribution is 2.24. The fourth-order valence-corrected chi connectivity index (χ4v) is 4.73. The van der Waals surface area contributed by atoms with E-state index >= 15 is 0 Å². The lowest BCUT2D eigenvalue weighted by Crippen LogP contribution is -2.22. The zero-order chi connectivity index (χ0) is 22.3. The Hall–Kier alpha value is -4.05. The molecule has 2 N–H and O–H groups in total. The highest BCUT2D eigenvalue weighted by Gasteiger charge is 2.19. The molecule has 0 unspecified atom stereocenters. The van der Waals surface area contributed by atoms with Crippen molar-refractivity contribution in [2.75, 3.05) is 0 Å². The van der Waals surface area contributed by atoms with Gasteiger partial charge in [0.1, 0.15) is 0 Å². The van der Waals surface area contributed by atoms with Gasteiger partial charge in [0.25, 0.3) is 5.91 Å². The van der Waals surface area contributed by atoms with Crippen LogP contribution in [0.3, 0.4) is 0 Å². The van der Waals surface area contributed by atoms with E-state index in [2.05, 4.69) is 25.6 Å². The Balaban J connectivity index is 1.31. The van der Waals surface area contributed by atoms with Gasteiger partial charge >= 0.3 is 0 Å². The third kappa shape index (κ3) is 3.60. The quantitative estimate of drug-likeness (QED) is 0.428. The zero-order valence-electron chi connectivity index (χ0n) is 17.0. The molecule has 5 aromatic rings. The summed E-state index contributed by atoms with van der Waals surface area (Å²) in [6, 6.07) is 13.1. The lowest BCUT2D eigenvalue weighted by molar-refractivity contribution is 0.0950. The van der Waals surface area contributed by atoms with E-state index in [9.17, 15) is 13.2 Å². The minimum Gasteiger partial charge on any atom is -0.348 e. The number of benzene rings is 2. The minimum absolute atomic E-state index is 0.178. The molecule has 1 amide bonds. The van der Waals surface area contributed by atoms with Gasteiger partial charge in [-0.1, -0.05) is 12.1 Å². The van der Waals surface area contributed by atoms with Crippen LogP contribution in [-0.2, 0) is 23.4 Å². The van der Waals surface area contributed by atoms with Gasteiger partial charge < -0.3 is 5.32 Å². The van der Waals surface area contributed by atoms with Crippen LogP contribution in [0.15, 0.2) is 76.9 Å². The third-order valence-corrected chi connectivity index (χ3v) is 6.91. The van der Waals surface area contributed by atoms with Crippen LogP contribution in [0.4, 0.5) is 0 Å². The van der Waals surface area contributed by atoms with Gasteiger partial charge in [-0.3, -0.25) is 14.6 Å². The minimum atomic E-state index is -3.68. The van der Waals surface area contributed by atoms with Crippen LogP contribution < -0.4 is 5.32 Å². The lowest BCUT2D eigenvalue weighted by atomic mass is 10.2. The molecule has 3 heterocycles. The van der Waals surface area contributed by atoms with Crippen molar-refractivity contribution in [2.45, 2.75) is 16.3 Å². The van der Waals surface area contributed by atoms with Crippen molar-refractivity contribution < 1.29 is 13.2 Å². The predicted octanol–water partition coefficient (Wildman–Crippen LogP) is 2.61. The SMILES string of the molecule is Cn1cc2ccc(S(=O)(=O)c3ccc(CNC(=O)c4cnc5[nH]ncc5c4)cc3)cc2n1. The molecule has 0 radical (unpaired) electrons. The number of carbonyl (C=O) groups excluding carboxylic acids is 1. The first-order valence-electron chi connectivity index (χ1n) is 9.75. The number of carbonyl (C=O) groups is 1. The second-order valence-corrected chi connectivity index (χ2v) is 9.33. The first-order valence-corrected chi connectivity index (χ1v) is 11.2. The number of hydrogen-bond donors (Lipinski definition) is 2. The van der Waals surface area contributed by atoms with Crippen LogP contribution in [0.2, 0.25) is 0 Å². The van der Waals surface area contributed by atoms with E-state index in [1.807, 2.05) is 6.20 Å². The summed E-state index contributed by atoms with van der Waals surface area (Å²) in [7, 11) is -1.89. The predicted molar refractivity (Wildman–Crippen MR) is 118 cm³/mol. The number of amides is 1. The van der Waals surface area contributed by atoms with Crippen molar-refractivity contribution in [3.05, 3.63) is 78.2 Å². The first kappa shape index (κ1) is 19.9. The van der Waals surface area contributed by atoms with Crippen molar-refractivity contribution in [1.82, 2.24) is 30.3 Å². The molecule has 160 valence electrons. The Kier molecular flexibility index (Phi) is 4.71. The van der Waals surface area contributed by atoms with Crippen LogP contribution in [0.1, 0.15) is 15.9 Å². The average Bonchev–Trinajstić information content (AvgIpc) is 3.41. The summed E-state index contributed by atoms with van der Waals surface area (Å²) in [6.45, 7) is 0.252. The summed E-state index contributed by atoms with van der Waals surface area (Å²) in [4.78, 5) is 16.9. The molecule has 0 fully saturated rings. The highest BCUT2D eigenvalue weighted by atomic mass is 32.2. The van der Waals surface area contributed by atoms with Gasteiger partial charge in [0.2, 0.25) is 9.84 Å². The number of nitrogens with zero attached hydrogens (tertiary/aromatic N) is 4. The average molecular weight is 446 g/mol. The molecule has 2 aromatic carbocycles. The fourth-order valence-electron chi connectivity index (χ4n) is 3.45. The number of pyridine rings is 1. The topological polar surface area (TPSA) is 123 Å². The molecular weight excluding hydrogens is 428 g/mol. The van der Waals surface area contributed by atoms with Crippen LogP contribution in [-0.4, -0.2) is 39.3 Å². The molecule has 0 atom stereocenters. The maximum absolute atomic E-state index is 13.0. The molecule has 5 rings (SSSR count). The Morgan fingerprint density at radius 1 is 1.03 bits per heavy atom. The fraction of sp³-hybridized carbons (Fsp3) is 0.0909. The molecule has 9 nitrogen and oxygen atoms in total. The second kappa shape index (κ2) is 7.57. The number of aromatic nitrogens is 5. The van der Waals surface area contributed by atoms with E-state index in [1.54, 1.807) is 66.5 Å². The molecule has 0 saturated heterocycles. The van der Waals surface area contributed by atoms with Gasteiger partial charge in [-0.05, 0) is 42.0 Å². The summed E-state index contributed by atoms with van der Waals surface area (Å²) < 4.78 is 27.7. The van der Waals surface area contributed by atoms with E-state index in [-0.39, 0.29) is 22.2 Å². The van der Waals surface area contributed by atoms with Gasteiger partial charge in [-0.15, -0.1) is 0 Å². The van der Waals surface area contributed by atoms with Crippen molar-refractivity contribution in [3.63, 3.8) is 0 Å². The Morgan fingerprint density at radius 2 is 1.81 bits per heavy atom. The molecular formula is C22H18N6O3S. The normalized spacial score (nSPS) is 11.8. The number of rotatable bonds is 5. The smallest absolute Gasteiger partial charge is 0.253 e. The van der Waals surface area contributed by atoms with Crippen molar-refractivity contribution >= 4 is 37.7 Å². The van der Waals surface area contributed by atoms with Crippen LogP contribution in [0, 0.1) is 0 Å². The number of fused-ring (bicyclic) bond motifs is 2. The lowest BCUT2D eigenvalue weighted by Gasteiger charge is -2.08. The van der Waals surface area contributed by atoms with Crippen LogP contribution in [0.25, 0.3) is 21.9 Å². The van der Waals surface area contributed by atoms with Gasteiger partial charge in [0, 0.05) is 36.8 Å². The Morgan fingerprint density at radius 3 is 2.62 bits per heavy atom. The first-order chi connectivity index (χ1) is 15.4. The van der Waals surface area contributed by atoms with E-state index in [0.29, 0.717) is 16.7 Å². The highest BCUT2D eigenvalue weighted by molar-refractivity contribution is 7.91. The number of aryl methyl sites for hydroxylation is 1. The summed E-state index contributed by atoms with van der Waals surface area (Å²) in [5, 5.41) is 15.3. The van der Waals surface area contributed by atoms with E-state index in [0.717, 1.165) is 16.3 Å². The van der Waals surface area contributed by atoms with Gasteiger partial charge in [-0.25, -0.2) is 13.4 Å². The molecule has 0 aliphatic heterocycles. The maximum atomic E-state index is 13.0. The summed E-state index contributed by atoms with van der Waals surface area (Å²) in [6.07, 6.45) is 4.91. The number of aromatic amines is 1. The summed E-state index contributed by atoms with van der Waals surface area (Å²) >= 11 is 0. The van der Waals surface area contributed by atoms with Crippen molar-refractivity contribution in [2.24, 2.45) is 7.05 Å². The summed E-state index contributed by atoms with van der Waals surface area (Å²) in [5.41, 5.74) is 2.43. The number of sulfone groups is 1. The van der Waals surface area contributed by atoms with E-state index in [4.69, 9.17) is 0 Å². The Bertz CT molecular complexity index is 1570. The number of hydrogen-bond acceptors (Lipinski definition) is 6. The molecule has 32 heavy (non-hydrogen) atoms. The zero-order valence-corrected chi connectivity index (χ0v) is 17.8. The van der Waals surface area contributed by atoms with E-state index < -0.39 is 9.84 Å². The summed E-state index contributed by atoms with van der Waals surface area (Å²) in [5.74, 6) is -0.277. The molecule has 0 aliphatic rings.